The molecule has 1 N–H and O–H groups in total. The molecule has 3 rings (SSSR count). The highest BCUT2D eigenvalue weighted by atomic mass is 127. The van der Waals surface area contributed by atoms with Crippen LogP contribution in [0.2, 0.25) is 0 Å². The summed E-state index contributed by atoms with van der Waals surface area (Å²) in [6.07, 6.45) is -2.76. The van der Waals surface area contributed by atoms with Gasteiger partial charge in [0, 0.05) is 44.2 Å². The number of alkyl halides is 3. The number of likely N-dealkylation sites (tertiary alicyclic amines) is 1. The Morgan fingerprint density at radius 2 is 2.07 bits per heavy atom. The van der Waals surface area contributed by atoms with E-state index in [-0.39, 0.29) is 42.3 Å². The van der Waals surface area contributed by atoms with Crippen molar-refractivity contribution in [1.82, 2.24) is 10.2 Å². The van der Waals surface area contributed by atoms with Gasteiger partial charge in [0.25, 0.3) is 0 Å². The quantitative estimate of drug-likeness (QED) is 0.346. The van der Waals surface area contributed by atoms with E-state index in [1.807, 2.05) is 34.9 Å². The molecule has 0 aliphatic carbocycles. The van der Waals surface area contributed by atoms with E-state index < -0.39 is 12.6 Å². The summed E-state index contributed by atoms with van der Waals surface area (Å²) in [6.45, 7) is 4.37. The molecule has 0 aromatic heterocycles. The van der Waals surface area contributed by atoms with Gasteiger partial charge in [-0.25, -0.2) is 0 Å². The Kier molecular flexibility index (Phi) is 8.59. The highest BCUT2D eigenvalue weighted by Gasteiger charge is 2.32. The van der Waals surface area contributed by atoms with Gasteiger partial charge < -0.3 is 15.1 Å². The van der Waals surface area contributed by atoms with Crippen molar-refractivity contribution in [3.8, 4) is 0 Å². The summed E-state index contributed by atoms with van der Waals surface area (Å²) in [4.78, 5) is 20.0. The van der Waals surface area contributed by atoms with Crippen molar-refractivity contribution in [2.75, 3.05) is 37.6 Å². The van der Waals surface area contributed by atoms with Gasteiger partial charge in [-0.3, -0.25) is 9.79 Å². The molecular formula is C20H28F3IN4O. The first-order valence-electron chi connectivity index (χ1n) is 9.88. The second kappa shape index (κ2) is 10.5. The van der Waals surface area contributed by atoms with E-state index in [0.29, 0.717) is 32.0 Å². The van der Waals surface area contributed by atoms with Gasteiger partial charge in [0.2, 0.25) is 5.91 Å². The van der Waals surface area contributed by atoms with E-state index in [0.717, 1.165) is 30.6 Å². The van der Waals surface area contributed by atoms with Gasteiger partial charge in [-0.05, 0) is 31.4 Å². The number of benzene rings is 1. The van der Waals surface area contributed by atoms with Gasteiger partial charge in [-0.15, -0.1) is 24.0 Å². The Bertz CT molecular complexity index is 726. The molecule has 29 heavy (non-hydrogen) atoms. The largest absolute Gasteiger partial charge is 0.390 e. The van der Waals surface area contributed by atoms with Crippen molar-refractivity contribution in [1.29, 1.82) is 0 Å². The SMILES string of the molecule is CCNC(=NCCC(F)(F)F)N1CC(CCN2CCCC2=O)c2ccccc21.I. The fourth-order valence-corrected chi connectivity index (χ4v) is 3.88. The number of nitrogens with one attached hydrogen (secondary N) is 1. The normalized spacial score (nSPS) is 19.4. The maximum atomic E-state index is 12.5. The average molecular weight is 524 g/mol. The van der Waals surface area contributed by atoms with Crippen LogP contribution in [0.25, 0.3) is 0 Å². The van der Waals surface area contributed by atoms with E-state index in [9.17, 15) is 18.0 Å². The van der Waals surface area contributed by atoms with Gasteiger partial charge in [0.1, 0.15) is 0 Å². The van der Waals surface area contributed by atoms with Crippen LogP contribution in [0.4, 0.5) is 18.9 Å². The third-order valence-electron chi connectivity index (χ3n) is 5.24. The van der Waals surface area contributed by atoms with E-state index in [1.165, 1.54) is 0 Å². The topological polar surface area (TPSA) is 47.9 Å². The Balaban J connectivity index is 0.00000300. The molecular weight excluding hydrogens is 496 g/mol. The Hall–Kier alpha value is -1.52. The number of anilines is 1. The number of amides is 1. The molecule has 1 aromatic carbocycles. The number of halogens is 4. The molecule has 1 aromatic rings. The molecule has 2 heterocycles. The number of fused-ring (bicyclic) bond motifs is 1. The molecule has 162 valence electrons. The molecule has 9 heteroatoms. The van der Waals surface area contributed by atoms with E-state index >= 15 is 0 Å². The lowest BCUT2D eigenvalue weighted by atomic mass is 9.98. The number of rotatable bonds is 6. The smallest absolute Gasteiger partial charge is 0.356 e. The van der Waals surface area contributed by atoms with Crippen molar-refractivity contribution in [2.24, 2.45) is 4.99 Å². The zero-order chi connectivity index (χ0) is 20.1. The lowest BCUT2D eigenvalue weighted by Gasteiger charge is -2.23. The molecule has 2 aliphatic heterocycles. The highest BCUT2D eigenvalue weighted by molar-refractivity contribution is 14.0. The standard InChI is InChI=1S/C20H27F3N4O.HI/c1-2-24-19(25-11-10-20(21,22)23)27-14-15(16-6-3-4-7-17(16)27)9-13-26-12-5-8-18(26)28;/h3-4,6-7,15H,2,5,8-14H2,1H3,(H,24,25);1H. The molecule has 1 atom stereocenters. The van der Waals surface area contributed by atoms with Gasteiger partial charge in [-0.1, -0.05) is 18.2 Å². The number of aliphatic imine (C=N–C) groups is 1. The number of carbonyl (C=O) groups is 1. The minimum atomic E-state index is -4.21. The second-order valence-corrected chi connectivity index (χ2v) is 7.24. The predicted octanol–water partition coefficient (Wildman–Crippen LogP) is 4.14. The molecule has 1 amide bonds. The highest BCUT2D eigenvalue weighted by Crippen LogP contribution is 2.38. The number of hydrogen-bond acceptors (Lipinski definition) is 2. The van der Waals surface area contributed by atoms with Crippen LogP contribution < -0.4 is 10.2 Å². The van der Waals surface area contributed by atoms with Crippen LogP contribution in [0.15, 0.2) is 29.3 Å². The number of hydrogen-bond donors (Lipinski definition) is 1. The molecule has 2 aliphatic rings. The van der Waals surface area contributed by atoms with Crippen LogP contribution in [0.5, 0.6) is 0 Å². The number of guanidine groups is 1. The summed E-state index contributed by atoms with van der Waals surface area (Å²) in [5.41, 5.74) is 2.14. The van der Waals surface area contributed by atoms with Crippen LogP contribution in [0.1, 0.15) is 44.1 Å². The first kappa shape index (κ1) is 23.8. The Labute approximate surface area is 186 Å². The van der Waals surface area contributed by atoms with Crippen LogP contribution >= 0.6 is 24.0 Å². The van der Waals surface area contributed by atoms with E-state index in [4.69, 9.17) is 0 Å². The summed E-state index contributed by atoms with van der Waals surface area (Å²) in [6, 6.07) is 7.94. The van der Waals surface area contributed by atoms with Crippen molar-refractivity contribution in [3.63, 3.8) is 0 Å². The third-order valence-corrected chi connectivity index (χ3v) is 5.24. The lowest BCUT2D eigenvalue weighted by Crippen LogP contribution is -2.41. The third kappa shape index (κ3) is 6.23. The van der Waals surface area contributed by atoms with Crippen molar-refractivity contribution in [2.45, 2.75) is 44.7 Å². The maximum absolute atomic E-state index is 12.5. The van der Waals surface area contributed by atoms with Crippen LogP contribution in [-0.2, 0) is 4.79 Å². The number of carbonyl (C=O) groups excluding carboxylic acids is 1. The summed E-state index contributed by atoms with van der Waals surface area (Å²) in [5.74, 6) is 0.917. The zero-order valence-electron chi connectivity index (χ0n) is 16.5. The summed E-state index contributed by atoms with van der Waals surface area (Å²) in [5, 5.41) is 3.12. The molecule has 1 fully saturated rings. The van der Waals surface area contributed by atoms with Crippen LogP contribution in [0.3, 0.4) is 0 Å². The number of nitrogens with zero attached hydrogens (tertiary/aromatic N) is 3. The minimum Gasteiger partial charge on any atom is -0.356 e. The first-order valence-corrected chi connectivity index (χ1v) is 9.88. The second-order valence-electron chi connectivity index (χ2n) is 7.24. The summed E-state index contributed by atoms with van der Waals surface area (Å²) in [7, 11) is 0. The van der Waals surface area contributed by atoms with Gasteiger partial charge >= 0.3 is 6.18 Å². The zero-order valence-corrected chi connectivity index (χ0v) is 18.9. The molecule has 1 unspecified atom stereocenters. The van der Waals surface area contributed by atoms with Crippen LogP contribution in [0, 0.1) is 0 Å². The molecule has 0 radical (unpaired) electrons. The summed E-state index contributed by atoms with van der Waals surface area (Å²) >= 11 is 0. The Morgan fingerprint density at radius 3 is 2.72 bits per heavy atom. The van der Waals surface area contributed by atoms with E-state index in [1.54, 1.807) is 0 Å². The van der Waals surface area contributed by atoms with Gasteiger partial charge in [0.15, 0.2) is 5.96 Å². The molecule has 0 saturated carbocycles. The Morgan fingerprint density at radius 1 is 1.31 bits per heavy atom. The maximum Gasteiger partial charge on any atom is 0.390 e. The van der Waals surface area contributed by atoms with E-state index in [2.05, 4.69) is 16.4 Å². The fraction of sp³-hybridized carbons (Fsp3) is 0.600. The average Bonchev–Trinajstić information content (AvgIpc) is 3.22. The lowest BCUT2D eigenvalue weighted by molar-refractivity contribution is -0.132. The van der Waals surface area contributed by atoms with Gasteiger partial charge in [-0.2, -0.15) is 13.2 Å². The summed E-state index contributed by atoms with van der Waals surface area (Å²) < 4.78 is 37.5. The van der Waals surface area contributed by atoms with Crippen molar-refractivity contribution in [3.05, 3.63) is 29.8 Å². The molecule has 0 bridgehead atoms. The van der Waals surface area contributed by atoms with Gasteiger partial charge in [0.05, 0.1) is 13.0 Å². The minimum absolute atomic E-state index is 0. The van der Waals surface area contributed by atoms with Crippen molar-refractivity contribution < 1.29 is 18.0 Å². The van der Waals surface area contributed by atoms with Crippen molar-refractivity contribution >= 4 is 41.5 Å². The molecule has 1 saturated heterocycles. The number of para-hydroxylation sites is 1. The first-order chi connectivity index (χ1) is 13.4. The monoisotopic (exact) mass is 524 g/mol. The molecule has 5 nitrogen and oxygen atoms in total. The fourth-order valence-electron chi connectivity index (χ4n) is 3.88. The van der Waals surface area contributed by atoms with Crippen LogP contribution in [-0.4, -0.2) is 55.7 Å². The predicted molar refractivity (Wildman–Crippen MR) is 119 cm³/mol. The molecule has 0 spiro atoms.